The SMILES string of the molecule is CS(=O)(=O)c1ccc(NCCNC(=O)c2cc(-c3cccc(Cl)c3)on2)c([N+](=O)[O-])c1. The van der Waals surface area contributed by atoms with Gasteiger partial charge in [0.1, 0.15) is 5.69 Å². The molecular weight excluding hydrogens is 448 g/mol. The minimum atomic E-state index is -3.58. The van der Waals surface area contributed by atoms with Crippen molar-refractivity contribution in [1.82, 2.24) is 10.5 Å². The van der Waals surface area contributed by atoms with Crippen LogP contribution in [0, 0.1) is 10.1 Å². The average Bonchev–Trinajstić information content (AvgIpc) is 3.20. The van der Waals surface area contributed by atoms with Crippen LogP contribution in [0.4, 0.5) is 11.4 Å². The lowest BCUT2D eigenvalue weighted by Gasteiger charge is -2.09. The molecule has 0 aliphatic rings. The number of anilines is 1. The molecule has 0 aliphatic heterocycles. The number of carbonyl (C=O) groups excluding carboxylic acids is 1. The largest absolute Gasteiger partial charge is 0.378 e. The fourth-order valence-electron chi connectivity index (χ4n) is 2.67. The van der Waals surface area contributed by atoms with Crippen molar-refractivity contribution in [2.24, 2.45) is 0 Å². The van der Waals surface area contributed by atoms with E-state index in [0.717, 1.165) is 12.3 Å². The van der Waals surface area contributed by atoms with Crippen molar-refractivity contribution in [1.29, 1.82) is 0 Å². The van der Waals surface area contributed by atoms with E-state index in [-0.39, 0.29) is 35.1 Å². The molecule has 0 saturated heterocycles. The summed E-state index contributed by atoms with van der Waals surface area (Å²) in [5.41, 5.74) is 0.497. The van der Waals surface area contributed by atoms with Crippen molar-refractivity contribution in [3.63, 3.8) is 0 Å². The minimum Gasteiger partial charge on any atom is -0.378 e. The van der Waals surface area contributed by atoms with Crippen LogP contribution < -0.4 is 10.6 Å². The summed E-state index contributed by atoms with van der Waals surface area (Å²) in [6, 6.07) is 11.9. The van der Waals surface area contributed by atoms with E-state index in [4.69, 9.17) is 16.1 Å². The van der Waals surface area contributed by atoms with E-state index in [1.165, 1.54) is 18.2 Å². The molecular formula is C19H17ClN4O6S. The molecule has 0 atom stereocenters. The number of hydrogen-bond acceptors (Lipinski definition) is 8. The molecule has 12 heteroatoms. The maximum absolute atomic E-state index is 12.2. The van der Waals surface area contributed by atoms with Gasteiger partial charge in [-0.05, 0) is 24.3 Å². The highest BCUT2D eigenvalue weighted by molar-refractivity contribution is 7.90. The topological polar surface area (TPSA) is 144 Å². The number of sulfone groups is 1. The molecule has 1 amide bonds. The van der Waals surface area contributed by atoms with Gasteiger partial charge in [-0.1, -0.05) is 28.9 Å². The zero-order valence-corrected chi connectivity index (χ0v) is 17.7. The second kappa shape index (κ2) is 9.14. The van der Waals surface area contributed by atoms with E-state index in [2.05, 4.69) is 15.8 Å². The molecule has 10 nitrogen and oxygen atoms in total. The normalized spacial score (nSPS) is 11.2. The Hall–Kier alpha value is -3.44. The van der Waals surface area contributed by atoms with Crippen molar-refractivity contribution in [3.05, 3.63) is 69.4 Å². The first-order chi connectivity index (χ1) is 14.6. The van der Waals surface area contributed by atoms with Gasteiger partial charge in [-0.15, -0.1) is 0 Å². The number of nitro benzene ring substituents is 1. The highest BCUT2D eigenvalue weighted by Crippen LogP contribution is 2.27. The van der Waals surface area contributed by atoms with Crippen LogP contribution in [0.5, 0.6) is 0 Å². The zero-order valence-electron chi connectivity index (χ0n) is 16.2. The van der Waals surface area contributed by atoms with Crippen LogP contribution in [0.25, 0.3) is 11.3 Å². The Morgan fingerprint density at radius 1 is 1.19 bits per heavy atom. The molecule has 3 rings (SSSR count). The summed E-state index contributed by atoms with van der Waals surface area (Å²) in [4.78, 5) is 22.6. The average molecular weight is 465 g/mol. The van der Waals surface area contributed by atoms with Gasteiger partial charge in [0.2, 0.25) is 0 Å². The number of aromatic nitrogens is 1. The van der Waals surface area contributed by atoms with Gasteiger partial charge in [0.25, 0.3) is 11.6 Å². The van der Waals surface area contributed by atoms with Crippen molar-refractivity contribution in [2.45, 2.75) is 4.90 Å². The van der Waals surface area contributed by atoms with Crippen LogP contribution in [0.2, 0.25) is 5.02 Å². The summed E-state index contributed by atoms with van der Waals surface area (Å²) in [5.74, 6) is -0.104. The third-order valence-electron chi connectivity index (χ3n) is 4.17. The Bertz CT molecular complexity index is 1240. The molecule has 0 fully saturated rings. The van der Waals surface area contributed by atoms with Gasteiger partial charge in [0.15, 0.2) is 21.3 Å². The maximum atomic E-state index is 12.2. The molecule has 0 aliphatic carbocycles. The molecule has 0 saturated carbocycles. The summed E-state index contributed by atoms with van der Waals surface area (Å²) in [6.45, 7) is 0.285. The van der Waals surface area contributed by atoms with Gasteiger partial charge in [0.05, 0.1) is 9.82 Å². The second-order valence-corrected chi connectivity index (χ2v) is 8.93. The number of hydrogen-bond donors (Lipinski definition) is 2. The van der Waals surface area contributed by atoms with Crippen LogP contribution in [0.15, 0.2) is 57.9 Å². The monoisotopic (exact) mass is 464 g/mol. The van der Waals surface area contributed by atoms with Crippen molar-refractivity contribution >= 4 is 38.7 Å². The van der Waals surface area contributed by atoms with Gasteiger partial charge in [0, 0.05) is 42.1 Å². The van der Waals surface area contributed by atoms with Gasteiger partial charge in [-0.25, -0.2) is 8.42 Å². The zero-order chi connectivity index (χ0) is 22.6. The third-order valence-corrected chi connectivity index (χ3v) is 5.52. The highest BCUT2D eigenvalue weighted by Gasteiger charge is 2.19. The molecule has 0 radical (unpaired) electrons. The number of halogens is 1. The summed E-state index contributed by atoms with van der Waals surface area (Å²) < 4.78 is 28.3. The van der Waals surface area contributed by atoms with Gasteiger partial charge < -0.3 is 15.2 Å². The van der Waals surface area contributed by atoms with Crippen LogP contribution >= 0.6 is 11.6 Å². The number of amides is 1. The van der Waals surface area contributed by atoms with Gasteiger partial charge >= 0.3 is 0 Å². The molecule has 0 bridgehead atoms. The van der Waals surface area contributed by atoms with Crippen LogP contribution in [-0.4, -0.2) is 43.8 Å². The van der Waals surface area contributed by atoms with E-state index in [1.54, 1.807) is 24.3 Å². The molecule has 162 valence electrons. The minimum absolute atomic E-state index is 0.0680. The fraction of sp³-hybridized carbons (Fsp3) is 0.158. The quantitative estimate of drug-likeness (QED) is 0.294. The standard InChI is InChI=1S/C19H17ClN4O6S/c1-31(28,29)14-5-6-15(17(10-14)24(26)27)21-7-8-22-19(25)16-11-18(30-23-16)12-3-2-4-13(20)9-12/h2-6,9-11,21H,7-8H2,1H3,(H,22,25). The summed E-state index contributed by atoms with van der Waals surface area (Å²) >= 11 is 5.94. The number of nitrogens with one attached hydrogen (secondary N) is 2. The van der Waals surface area contributed by atoms with Gasteiger partial charge in [-0.3, -0.25) is 14.9 Å². The lowest BCUT2D eigenvalue weighted by Crippen LogP contribution is -2.29. The smallest absolute Gasteiger partial charge is 0.293 e. The molecule has 2 aromatic carbocycles. The van der Waals surface area contributed by atoms with E-state index < -0.39 is 20.7 Å². The first-order valence-electron chi connectivity index (χ1n) is 8.88. The lowest BCUT2D eigenvalue weighted by atomic mass is 10.1. The Kier molecular flexibility index (Phi) is 6.56. The third kappa shape index (κ3) is 5.58. The molecule has 0 spiro atoms. The maximum Gasteiger partial charge on any atom is 0.293 e. The predicted molar refractivity (Wildman–Crippen MR) is 114 cm³/mol. The molecule has 1 aromatic heterocycles. The second-order valence-electron chi connectivity index (χ2n) is 6.48. The van der Waals surface area contributed by atoms with E-state index in [1.807, 2.05) is 0 Å². The Morgan fingerprint density at radius 3 is 2.65 bits per heavy atom. The number of nitrogens with zero attached hydrogens (tertiary/aromatic N) is 2. The number of carbonyl (C=O) groups is 1. The number of rotatable bonds is 8. The van der Waals surface area contributed by atoms with Crippen molar-refractivity contribution < 1.29 is 22.7 Å². The summed E-state index contributed by atoms with van der Waals surface area (Å²) in [6.07, 6.45) is 0.969. The first kappa shape index (κ1) is 22.2. The molecule has 1 heterocycles. The van der Waals surface area contributed by atoms with Crippen molar-refractivity contribution in [3.8, 4) is 11.3 Å². The number of benzene rings is 2. The Morgan fingerprint density at radius 2 is 1.97 bits per heavy atom. The van der Waals surface area contributed by atoms with Crippen LogP contribution in [-0.2, 0) is 9.84 Å². The Labute approximate surface area is 182 Å². The van der Waals surface area contributed by atoms with Crippen LogP contribution in [0.1, 0.15) is 10.5 Å². The molecule has 2 N–H and O–H groups in total. The predicted octanol–water partition coefficient (Wildman–Crippen LogP) is 3.15. The highest BCUT2D eigenvalue weighted by atomic mass is 35.5. The molecule has 3 aromatic rings. The van der Waals surface area contributed by atoms with E-state index in [9.17, 15) is 23.3 Å². The lowest BCUT2D eigenvalue weighted by molar-refractivity contribution is -0.384. The summed E-state index contributed by atoms with van der Waals surface area (Å²) in [7, 11) is -3.58. The van der Waals surface area contributed by atoms with Crippen molar-refractivity contribution in [2.75, 3.05) is 24.7 Å². The number of nitro groups is 1. The van der Waals surface area contributed by atoms with E-state index >= 15 is 0 Å². The van der Waals surface area contributed by atoms with Crippen LogP contribution in [0.3, 0.4) is 0 Å². The Balaban J connectivity index is 1.59. The fourth-order valence-corrected chi connectivity index (χ4v) is 3.50. The van der Waals surface area contributed by atoms with Gasteiger partial charge in [-0.2, -0.15) is 0 Å². The summed E-state index contributed by atoms with van der Waals surface area (Å²) in [5, 5.41) is 20.9. The molecule has 0 unspecified atom stereocenters. The first-order valence-corrected chi connectivity index (χ1v) is 11.2. The molecule has 31 heavy (non-hydrogen) atoms. The van der Waals surface area contributed by atoms with E-state index in [0.29, 0.717) is 16.3 Å².